The topological polar surface area (TPSA) is 78.6 Å². The molecule has 2 heterocycles. The summed E-state index contributed by atoms with van der Waals surface area (Å²) < 4.78 is 1.68. The Morgan fingerprint density at radius 2 is 1.81 bits per heavy atom. The second-order valence-electron chi connectivity index (χ2n) is 5.23. The number of carbonyl (C=O) groups excluding carboxylic acids is 1. The number of carbonyl (C=O) groups is 1. The van der Waals surface area contributed by atoms with Gasteiger partial charge in [-0.2, -0.15) is 5.10 Å². The van der Waals surface area contributed by atoms with Crippen molar-refractivity contribution in [3.8, 4) is 5.69 Å². The summed E-state index contributed by atoms with van der Waals surface area (Å²) in [6.07, 6.45) is -0.860. The summed E-state index contributed by atoms with van der Waals surface area (Å²) in [6.45, 7) is 2.33. The van der Waals surface area contributed by atoms with Gasteiger partial charge in [0.2, 0.25) is 0 Å². The van der Waals surface area contributed by atoms with Crippen LogP contribution >= 0.6 is 0 Å². The number of aliphatic hydroxyl groups excluding tert-OH is 2. The zero-order chi connectivity index (χ0) is 15.0. The zero-order valence-corrected chi connectivity index (χ0v) is 11.7. The van der Waals surface area contributed by atoms with Crippen LogP contribution in [0.5, 0.6) is 0 Å². The molecule has 2 N–H and O–H groups in total. The molecule has 2 atom stereocenters. The number of para-hydroxylation sites is 1. The second kappa shape index (κ2) is 5.31. The van der Waals surface area contributed by atoms with Gasteiger partial charge in [-0.25, -0.2) is 4.68 Å². The highest BCUT2D eigenvalue weighted by Crippen LogP contribution is 2.29. The van der Waals surface area contributed by atoms with E-state index in [-0.39, 0.29) is 13.1 Å². The Morgan fingerprint density at radius 1 is 1.19 bits per heavy atom. The third kappa shape index (κ3) is 2.32. The summed E-state index contributed by atoms with van der Waals surface area (Å²) >= 11 is 0. The largest absolute Gasteiger partial charge is 0.389 e. The number of aromatic nitrogens is 2. The highest BCUT2D eigenvalue weighted by Gasteiger charge is 2.33. The average molecular weight is 287 g/mol. The third-order valence-electron chi connectivity index (χ3n) is 3.76. The minimum Gasteiger partial charge on any atom is -0.389 e. The molecule has 0 aliphatic carbocycles. The fraction of sp³-hybridized carbons (Fsp3) is 0.333. The van der Waals surface area contributed by atoms with Crippen molar-refractivity contribution >= 4 is 12.1 Å². The van der Waals surface area contributed by atoms with E-state index in [4.69, 9.17) is 0 Å². The van der Waals surface area contributed by atoms with Crippen LogP contribution in [0.1, 0.15) is 16.1 Å². The van der Waals surface area contributed by atoms with Gasteiger partial charge in [0.1, 0.15) is 5.82 Å². The predicted octanol–water partition coefficient (Wildman–Crippen LogP) is 0.535. The van der Waals surface area contributed by atoms with Crippen LogP contribution in [0.3, 0.4) is 0 Å². The lowest BCUT2D eigenvalue weighted by molar-refractivity contribution is 0.0572. The Hall–Kier alpha value is -2.18. The molecule has 2 unspecified atom stereocenters. The van der Waals surface area contributed by atoms with E-state index in [1.165, 1.54) is 0 Å². The Balaban J connectivity index is 2.12. The minimum absolute atomic E-state index is 0.278. The number of aryl methyl sites for hydroxylation is 1. The number of aldehydes is 1. The fourth-order valence-corrected chi connectivity index (χ4v) is 2.66. The van der Waals surface area contributed by atoms with Gasteiger partial charge >= 0.3 is 0 Å². The Morgan fingerprint density at radius 3 is 2.38 bits per heavy atom. The van der Waals surface area contributed by atoms with Crippen LogP contribution < -0.4 is 4.90 Å². The number of hydrogen-bond acceptors (Lipinski definition) is 5. The van der Waals surface area contributed by atoms with E-state index in [2.05, 4.69) is 5.10 Å². The number of hydrogen-bond donors (Lipinski definition) is 2. The summed E-state index contributed by atoms with van der Waals surface area (Å²) in [5.41, 5.74) is 1.94. The lowest BCUT2D eigenvalue weighted by Crippen LogP contribution is -2.25. The van der Waals surface area contributed by atoms with Gasteiger partial charge < -0.3 is 15.1 Å². The molecule has 2 aromatic rings. The van der Waals surface area contributed by atoms with Gasteiger partial charge in [-0.15, -0.1) is 0 Å². The molecule has 3 rings (SSSR count). The van der Waals surface area contributed by atoms with E-state index in [1.54, 1.807) is 16.5 Å². The smallest absolute Gasteiger partial charge is 0.155 e. The number of aliphatic hydroxyl groups is 2. The first-order valence-electron chi connectivity index (χ1n) is 6.83. The first kappa shape index (κ1) is 13.8. The fourth-order valence-electron chi connectivity index (χ4n) is 2.66. The van der Waals surface area contributed by atoms with Gasteiger partial charge in [-0.1, -0.05) is 18.2 Å². The van der Waals surface area contributed by atoms with Gasteiger partial charge in [0.05, 0.1) is 29.2 Å². The maximum absolute atomic E-state index is 11.4. The normalized spacial score (nSPS) is 21.8. The van der Waals surface area contributed by atoms with Crippen molar-refractivity contribution in [3.05, 3.63) is 41.6 Å². The minimum atomic E-state index is -0.816. The third-order valence-corrected chi connectivity index (χ3v) is 3.76. The molecule has 1 aliphatic rings. The number of nitrogens with zero attached hydrogens (tertiary/aromatic N) is 3. The first-order valence-corrected chi connectivity index (χ1v) is 6.83. The molecule has 0 bridgehead atoms. The monoisotopic (exact) mass is 287 g/mol. The van der Waals surface area contributed by atoms with E-state index >= 15 is 0 Å². The van der Waals surface area contributed by atoms with Crippen molar-refractivity contribution in [2.24, 2.45) is 0 Å². The van der Waals surface area contributed by atoms with Crippen molar-refractivity contribution in [1.82, 2.24) is 9.78 Å². The van der Waals surface area contributed by atoms with E-state index in [0.29, 0.717) is 17.1 Å². The van der Waals surface area contributed by atoms with E-state index in [1.807, 2.05) is 30.3 Å². The van der Waals surface area contributed by atoms with Crippen LogP contribution in [0.4, 0.5) is 5.82 Å². The molecule has 1 fully saturated rings. The molecule has 21 heavy (non-hydrogen) atoms. The lowest BCUT2D eigenvalue weighted by Gasteiger charge is -2.20. The molecule has 1 aliphatic heterocycles. The summed E-state index contributed by atoms with van der Waals surface area (Å²) in [4.78, 5) is 13.2. The molecular formula is C15H17N3O3. The quantitative estimate of drug-likeness (QED) is 0.805. The predicted molar refractivity (Wildman–Crippen MR) is 77.9 cm³/mol. The number of rotatable bonds is 3. The second-order valence-corrected chi connectivity index (χ2v) is 5.23. The zero-order valence-electron chi connectivity index (χ0n) is 11.7. The maximum Gasteiger partial charge on any atom is 0.155 e. The molecule has 110 valence electrons. The van der Waals surface area contributed by atoms with Crippen LogP contribution in [-0.4, -0.2) is 51.6 Å². The molecule has 0 amide bonds. The lowest BCUT2D eigenvalue weighted by atomic mass is 10.2. The van der Waals surface area contributed by atoms with Crippen LogP contribution in [0.25, 0.3) is 5.69 Å². The standard InChI is InChI=1S/C15H17N3O3/c1-10-12(9-19)15(17-7-13(20)14(21)8-17)18(16-10)11-5-3-2-4-6-11/h2-6,9,13-14,20-21H,7-8H2,1H3. The molecule has 0 radical (unpaired) electrons. The molecule has 6 nitrogen and oxygen atoms in total. The van der Waals surface area contributed by atoms with Gasteiger partial charge in [0.25, 0.3) is 0 Å². The highest BCUT2D eigenvalue weighted by molar-refractivity contribution is 5.85. The van der Waals surface area contributed by atoms with Crippen molar-refractivity contribution in [2.45, 2.75) is 19.1 Å². The highest BCUT2D eigenvalue weighted by atomic mass is 16.3. The summed E-state index contributed by atoms with van der Waals surface area (Å²) in [7, 11) is 0. The summed E-state index contributed by atoms with van der Waals surface area (Å²) in [5, 5.41) is 23.9. The van der Waals surface area contributed by atoms with Gasteiger partial charge in [-0.05, 0) is 19.1 Å². The van der Waals surface area contributed by atoms with Crippen LogP contribution in [0.2, 0.25) is 0 Å². The van der Waals surface area contributed by atoms with Crippen LogP contribution in [0.15, 0.2) is 30.3 Å². The number of anilines is 1. The van der Waals surface area contributed by atoms with Gasteiger partial charge in [-0.3, -0.25) is 4.79 Å². The van der Waals surface area contributed by atoms with E-state index in [0.717, 1.165) is 12.0 Å². The Bertz CT molecular complexity index is 644. The van der Waals surface area contributed by atoms with Crippen molar-refractivity contribution < 1.29 is 15.0 Å². The van der Waals surface area contributed by atoms with Crippen LogP contribution in [-0.2, 0) is 0 Å². The van der Waals surface area contributed by atoms with Crippen molar-refractivity contribution in [2.75, 3.05) is 18.0 Å². The van der Waals surface area contributed by atoms with Crippen LogP contribution in [0, 0.1) is 6.92 Å². The Labute approximate surface area is 122 Å². The van der Waals surface area contributed by atoms with Gasteiger partial charge in [0.15, 0.2) is 6.29 Å². The van der Waals surface area contributed by atoms with Crippen molar-refractivity contribution in [3.63, 3.8) is 0 Å². The molecule has 0 saturated carbocycles. The van der Waals surface area contributed by atoms with Gasteiger partial charge in [0, 0.05) is 13.1 Å². The number of benzene rings is 1. The van der Waals surface area contributed by atoms with Crippen molar-refractivity contribution in [1.29, 1.82) is 0 Å². The summed E-state index contributed by atoms with van der Waals surface area (Å²) in [6, 6.07) is 9.49. The molecule has 6 heteroatoms. The molecule has 1 saturated heterocycles. The molecular weight excluding hydrogens is 270 g/mol. The number of β-amino-alcohol motifs (C(OH)–C–C–N with tert-alkyl or cyclic N) is 2. The maximum atomic E-state index is 11.4. The molecule has 1 aromatic carbocycles. The SMILES string of the molecule is Cc1nn(-c2ccccc2)c(N2CC(O)C(O)C2)c1C=O. The molecule has 0 spiro atoms. The van der Waals surface area contributed by atoms with E-state index in [9.17, 15) is 15.0 Å². The summed E-state index contributed by atoms with van der Waals surface area (Å²) in [5.74, 6) is 0.615. The first-order chi connectivity index (χ1) is 10.1. The van der Waals surface area contributed by atoms with E-state index < -0.39 is 12.2 Å². The Kier molecular flexibility index (Phi) is 3.48. The molecule has 1 aromatic heterocycles. The average Bonchev–Trinajstić information content (AvgIpc) is 3.00.